The second-order valence-corrected chi connectivity index (χ2v) is 2.73. The molecule has 4 heteroatoms. The van der Waals surface area contributed by atoms with E-state index in [9.17, 15) is 4.39 Å². The van der Waals surface area contributed by atoms with Crippen molar-refractivity contribution in [3.63, 3.8) is 0 Å². The predicted molar refractivity (Wildman–Crippen MR) is 48.3 cm³/mol. The minimum atomic E-state index is -0.253. The summed E-state index contributed by atoms with van der Waals surface area (Å²) >= 11 is 0. The monoisotopic (exact) mass is 184 g/mol. The number of hydrogen-bond acceptors (Lipinski definition) is 3. The van der Waals surface area contributed by atoms with E-state index in [1.807, 2.05) is 0 Å². The van der Waals surface area contributed by atoms with Crippen LogP contribution in [0.3, 0.4) is 0 Å². The molecule has 0 spiro atoms. The quantitative estimate of drug-likeness (QED) is 0.541. The summed E-state index contributed by atoms with van der Waals surface area (Å²) in [6.45, 7) is 0.460. The van der Waals surface area contributed by atoms with E-state index in [1.54, 1.807) is 19.2 Å². The summed E-state index contributed by atoms with van der Waals surface area (Å²) < 4.78 is 17.5. The molecule has 0 aliphatic rings. The van der Waals surface area contributed by atoms with E-state index in [0.29, 0.717) is 6.61 Å². The summed E-state index contributed by atoms with van der Waals surface area (Å²) in [7, 11) is 1.59. The van der Waals surface area contributed by atoms with Gasteiger partial charge in [0.25, 0.3) is 0 Å². The van der Waals surface area contributed by atoms with Crippen LogP contribution in [0.4, 0.5) is 4.39 Å². The molecule has 0 saturated carbocycles. The van der Waals surface area contributed by atoms with Crippen molar-refractivity contribution >= 4 is 0 Å². The predicted octanol–water partition coefficient (Wildman–Crippen LogP) is 0.976. The molecule has 0 aromatic heterocycles. The number of hydrogen-bond donors (Lipinski definition) is 2. The molecule has 1 rings (SSSR count). The van der Waals surface area contributed by atoms with Gasteiger partial charge in [0, 0.05) is 7.11 Å². The topological polar surface area (TPSA) is 47.3 Å². The number of nitrogens with one attached hydrogen (secondary N) is 1. The number of hydrazine groups is 1. The maximum absolute atomic E-state index is 12.6. The number of nitrogens with two attached hydrogens (primary N) is 1. The second kappa shape index (κ2) is 4.91. The van der Waals surface area contributed by atoms with Gasteiger partial charge in [-0.2, -0.15) is 0 Å². The molecule has 0 bridgehead atoms. The molecule has 1 aromatic carbocycles. The summed E-state index contributed by atoms with van der Waals surface area (Å²) in [5.41, 5.74) is 3.50. The average molecular weight is 184 g/mol. The van der Waals surface area contributed by atoms with Crippen molar-refractivity contribution in [3.05, 3.63) is 35.6 Å². The zero-order valence-corrected chi connectivity index (χ0v) is 7.46. The molecule has 0 fully saturated rings. The molecule has 3 nitrogen and oxygen atoms in total. The molecule has 1 aromatic rings. The summed E-state index contributed by atoms with van der Waals surface area (Å²) in [5, 5.41) is 0. The van der Waals surface area contributed by atoms with Crippen LogP contribution < -0.4 is 11.3 Å². The maximum Gasteiger partial charge on any atom is 0.123 e. The third kappa shape index (κ3) is 2.77. The SMILES string of the molecule is COCC(NN)c1ccc(F)cc1. The first-order valence-corrected chi connectivity index (χ1v) is 3.98. The van der Waals surface area contributed by atoms with Crippen LogP contribution in [0.25, 0.3) is 0 Å². The van der Waals surface area contributed by atoms with Crippen molar-refractivity contribution in [2.75, 3.05) is 13.7 Å². The molecule has 0 aliphatic heterocycles. The summed E-state index contributed by atoms with van der Waals surface area (Å²) in [5.74, 6) is 5.05. The molecule has 0 saturated heterocycles. The van der Waals surface area contributed by atoms with Gasteiger partial charge in [-0.15, -0.1) is 0 Å². The van der Waals surface area contributed by atoms with E-state index < -0.39 is 0 Å². The van der Waals surface area contributed by atoms with Gasteiger partial charge in [0.2, 0.25) is 0 Å². The molecule has 0 aliphatic carbocycles. The lowest BCUT2D eigenvalue weighted by molar-refractivity contribution is 0.167. The maximum atomic E-state index is 12.6. The average Bonchev–Trinajstić information content (AvgIpc) is 2.16. The Hall–Kier alpha value is -0.970. The molecule has 0 amide bonds. The molecule has 1 atom stereocenters. The fourth-order valence-electron chi connectivity index (χ4n) is 1.10. The van der Waals surface area contributed by atoms with Crippen molar-refractivity contribution in [1.29, 1.82) is 0 Å². The molecule has 3 N–H and O–H groups in total. The highest BCUT2D eigenvalue weighted by atomic mass is 19.1. The minimum Gasteiger partial charge on any atom is -0.383 e. The van der Waals surface area contributed by atoms with Crippen LogP contribution in [0.2, 0.25) is 0 Å². The normalized spacial score (nSPS) is 12.8. The lowest BCUT2D eigenvalue weighted by Gasteiger charge is -2.14. The lowest BCUT2D eigenvalue weighted by atomic mass is 10.1. The molecular formula is C9H13FN2O. The van der Waals surface area contributed by atoms with Crippen molar-refractivity contribution in [3.8, 4) is 0 Å². The first-order chi connectivity index (χ1) is 6.27. The van der Waals surface area contributed by atoms with E-state index in [2.05, 4.69) is 5.43 Å². The second-order valence-electron chi connectivity index (χ2n) is 2.73. The van der Waals surface area contributed by atoms with Gasteiger partial charge in [-0.1, -0.05) is 12.1 Å². The van der Waals surface area contributed by atoms with Crippen molar-refractivity contribution in [2.45, 2.75) is 6.04 Å². The van der Waals surface area contributed by atoms with Gasteiger partial charge in [-0.3, -0.25) is 11.3 Å². The Morgan fingerprint density at radius 2 is 2.08 bits per heavy atom. The van der Waals surface area contributed by atoms with Gasteiger partial charge < -0.3 is 4.74 Å². The molecule has 13 heavy (non-hydrogen) atoms. The zero-order chi connectivity index (χ0) is 9.68. The molecule has 0 heterocycles. The van der Waals surface area contributed by atoms with Crippen molar-refractivity contribution in [2.24, 2.45) is 5.84 Å². The first-order valence-electron chi connectivity index (χ1n) is 3.98. The Morgan fingerprint density at radius 3 is 2.54 bits per heavy atom. The van der Waals surface area contributed by atoms with Gasteiger partial charge in [0.15, 0.2) is 0 Å². The van der Waals surface area contributed by atoms with Crippen molar-refractivity contribution < 1.29 is 9.13 Å². The van der Waals surface area contributed by atoms with Crippen LogP contribution in [0.1, 0.15) is 11.6 Å². The van der Waals surface area contributed by atoms with E-state index in [-0.39, 0.29) is 11.9 Å². The highest BCUT2D eigenvalue weighted by Crippen LogP contribution is 2.12. The summed E-state index contributed by atoms with van der Waals surface area (Å²) in [4.78, 5) is 0. The fourth-order valence-corrected chi connectivity index (χ4v) is 1.10. The van der Waals surface area contributed by atoms with Gasteiger partial charge in [-0.25, -0.2) is 4.39 Å². The van der Waals surface area contributed by atoms with Crippen LogP contribution >= 0.6 is 0 Å². The number of benzene rings is 1. The van der Waals surface area contributed by atoms with Gasteiger partial charge in [-0.05, 0) is 17.7 Å². The third-order valence-electron chi connectivity index (χ3n) is 1.81. The summed E-state index contributed by atoms with van der Waals surface area (Å²) in [6, 6.07) is 6.06. The minimum absolute atomic E-state index is 0.0920. The number of methoxy groups -OCH3 is 1. The number of rotatable bonds is 4. The largest absolute Gasteiger partial charge is 0.383 e. The van der Waals surface area contributed by atoms with E-state index in [0.717, 1.165) is 5.56 Å². The Balaban J connectivity index is 2.73. The summed E-state index contributed by atoms with van der Waals surface area (Å²) in [6.07, 6.45) is 0. The third-order valence-corrected chi connectivity index (χ3v) is 1.81. The molecule has 1 unspecified atom stereocenters. The van der Waals surface area contributed by atoms with Gasteiger partial charge in [0.1, 0.15) is 5.82 Å². The molecular weight excluding hydrogens is 171 g/mol. The van der Waals surface area contributed by atoms with Crippen LogP contribution in [0.15, 0.2) is 24.3 Å². The smallest absolute Gasteiger partial charge is 0.123 e. The number of ether oxygens (including phenoxy) is 1. The highest BCUT2D eigenvalue weighted by Gasteiger charge is 2.08. The number of halogens is 1. The van der Waals surface area contributed by atoms with Crippen LogP contribution in [-0.2, 0) is 4.74 Å². The van der Waals surface area contributed by atoms with Crippen LogP contribution in [0, 0.1) is 5.82 Å². The first kappa shape index (κ1) is 10.1. The Labute approximate surface area is 76.7 Å². The molecule has 72 valence electrons. The van der Waals surface area contributed by atoms with E-state index >= 15 is 0 Å². The van der Waals surface area contributed by atoms with E-state index in [1.165, 1.54) is 12.1 Å². The van der Waals surface area contributed by atoms with Gasteiger partial charge >= 0.3 is 0 Å². The zero-order valence-electron chi connectivity index (χ0n) is 7.46. The Kier molecular flexibility index (Phi) is 3.82. The van der Waals surface area contributed by atoms with Gasteiger partial charge in [0.05, 0.1) is 12.6 Å². The highest BCUT2D eigenvalue weighted by molar-refractivity contribution is 5.19. The van der Waals surface area contributed by atoms with Crippen molar-refractivity contribution in [1.82, 2.24) is 5.43 Å². The fraction of sp³-hybridized carbons (Fsp3) is 0.333. The Morgan fingerprint density at radius 1 is 1.46 bits per heavy atom. The van der Waals surface area contributed by atoms with E-state index in [4.69, 9.17) is 10.6 Å². The lowest BCUT2D eigenvalue weighted by Crippen LogP contribution is -2.31. The standard InChI is InChI=1S/C9H13FN2O/c1-13-6-9(12-11)7-2-4-8(10)5-3-7/h2-5,9,12H,6,11H2,1H3. The van der Waals surface area contributed by atoms with Crippen LogP contribution in [-0.4, -0.2) is 13.7 Å². The Bertz CT molecular complexity index is 250. The molecule has 0 radical (unpaired) electrons. The van der Waals surface area contributed by atoms with Crippen LogP contribution in [0.5, 0.6) is 0 Å².